The summed E-state index contributed by atoms with van der Waals surface area (Å²) in [6, 6.07) is 0. The molecule has 0 aliphatic carbocycles. The predicted molar refractivity (Wildman–Crippen MR) is 57.0 cm³/mol. The van der Waals surface area contributed by atoms with Gasteiger partial charge >= 0.3 is 5.97 Å². The minimum absolute atomic E-state index is 0.546. The maximum atomic E-state index is 11.3. The van der Waals surface area contributed by atoms with E-state index in [-0.39, 0.29) is 0 Å². The number of carboxylic acid groups (broad SMARTS) is 1. The second-order valence-electron chi connectivity index (χ2n) is 4.11. The van der Waals surface area contributed by atoms with Gasteiger partial charge in [0.15, 0.2) is 0 Å². The molecule has 1 fully saturated rings. The standard InChI is InChI=1S/C10H20N2O3/c1-12-6-3-10(4-7-12,9(13)14)11-5-8-15-2/h11H,3-8H2,1-2H3,(H,13,14). The van der Waals surface area contributed by atoms with Crippen LogP contribution in [0, 0.1) is 0 Å². The number of hydrogen-bond donors (Lipinski definition) is 2. The summed E-state index contributed by atoms with van der Waals surface area (Å²) in [4.78, 5) is 13.4. The number of nitrogens with zero attached hydrogens (tertiary/aromatic N) is 1. The van der Waals surface area contributed by atoms with E-state index >= 15 is 0 Å². The third-order valence-corrected chi connectivity index (χ3v) is 3.02. The quantitative estimate of drug-likeness (QED) is 0.622. The van der Waals surface area contributed by atoms with Gasteiger partial charge in [-0.15, -0.1) is 0 Å². The fourth-order valence-corrected chi connectivity index (χ4v) is 1.86. The van der Waals surface area contributed by atoms with E-state index in [0.29, 0.717) is 26.0 Å². The number of aliphatic carboxylic acids is 1. The Morgan fingerprint density at radius 1 is 1.53 bits per heavy atom. The van der Waals surface area contributed by atoms with Crippen molar-refractivity contribution in [2.75, 3.05) is 40.4 Å². The minimum Gasteiger partial charge on any atom is -0.480 e. The molecule has 0 atom stereocenters. The molecule has 1 heterocycles. The van der Waals surface area contributed by atoms with Crippen molar-refractivity contribution in [2.24, 2.45) is 0 Å². The fraction of sp³-hybridized carbons (Fsp3) is 0.900. The van der Waals surface area contributed by atoms with E-state index in [1.165, 1.54) is 0 Å². The van der Waals surface area contributed by atoms with Crippen LogP contribution in [-0.2, 0) is 9.53 Å². The second-order valence-corrected chi connectivity index (χ2v) is 4.11. The largest absolute Gasteiger partial charge is 0.480 e. The maximum absolute atomic E-state index is 11.3. The summed E-state index contributed by atoms with van der Waals surface area (Å²) in [5.41, 5.74) is -0.745. The third-order valence-electron chi connectivity index (χ3n) is 3.02. The highest BCUT2D eigenvalue weighted by Gasteiger charge is 2.40. The molecule has 1 saturated heterocycles. The molecule has 0 unspecified atom stereocenters. The number of likely N-dealkylation sites (tertiary alicyclic amines) is 1. The normalized spacial score (nSPS) is 21.5. The molecule has 1 aliphatic heterocycles. The summed E-state index contributed by atoms with van der Waals surface area (Å²) in [6.07, 6.45) is 1.31. The van der Waals surface area contributed by atoms with Crippen LogP contribution in [0.4, 0.5) is 0 Å². The Morgan fingerprint density at radius 2 is 2.13 bits per heavy atom. The molecule has 5 nitrogen and oxygen atoms in total. The van der Waals surface area contributed by atoms with E-state index in [2.05, 4.69) is 10.2 Å². The van der Waals surface area contributed by atoms with E-state index in [1.54, 1.807) is 7.11 Å². The van der Waals surface area contributed by atoms with Crippen LogP contribution >= 0.6 is 0 Å². The van der Waals surface area contributed by atoms with Crippen LogP contribution in [-0.4, -0.2) is 61.9 Å². The Labute approximate surface area is 90.4 Å². The number of methoxy groups -OCH3 is 1. The molecule has 0 saturated carbocycles. The molecule has 0 radical (unpaired) electrons. The highest BCUT2D eigenvalue weighted by Crippen LogP contribution is 2.21. The molecule has 0 amide bonds. The molecule has 15 heavy (non-hydrogen) atoms. The zero-order chi connectivity index (χ0) is 11.3. The molecule has 0 spiro atoms. The summed E-state index contributed by atoms with van der Waals surface area (Å²) < 4.78 is 4.91. The molecule has 0 aromatic heterocycles. The van der Waals surface area contributed by atoms with Crippen LogP contribution < -0.4 is 5.32 Å². The van der Waals surface area contributed by atoms with Gasteiger partial charge in [-0.1, -0.05) is 0 Å². The number of ether oxygens (including phenoxy) is 1. The Hall–Kier alpha value is -0.650. The number of hydrogen-bond acceptors (Lipinski definition) is 4. The number of carbonyl (C=O) groups is 1. The van der Waals surface area contributed by atoms with Gasteiger partial charge in [-0.05, 0) is 19.9 Å². The van der Waals surface area contributed by atoms with Gasteiger partial charge in [-0.2, -0.15) is 0 Å². The minimum atomic E-state index is -0.745. The van der Waals surface area contributed by atoms with Crippen LogP contribution in [0.15, 0.2) is 0 Å². The lowest BCUT2D eigenvalue weighted by molar-refractivity contribution is -0.147. The molecule has 0 aromatic carbocycles. The topological polar surface area (TPSA) is 61.8 Å². The van der Waals surface area contributed by atoms with Gasteiger partial charge in [0.25, 0.3) is 0 Å². The van der Waals surface area contributed by atoms with Gasteiger partial charge < -0.3 is 14.7 Å². The first-order valence-corrected chi connectivity index (χ1v) is 5.26. The fourth-order valence-electron chi connectivity index (χ4n) is 1.86. The van der Waals surface area contributed by atoms with E-state index < -0.39 is 11.5 Å². The molecule has 1 rings (SSSR count). The SMILES string of the molecule is COCCNC1(C(=O)O)CCN(C)CC1. The van der Waals surface area contributed by atoms with Gasteiger partial charge in [0.1, 0.15) is 5.54 Å². The first-order valence-electron chi connectivity index (χ1n) is 5.26. The average molecular weight is 216 g/mol. The number of piperidine rings is 1. The average Bonchev–Trinajstić information content (AvgIpc) is 2.21. The lowest BCUT2D eigenvalue weighted by atomic mass is 9.87. The van der Waals surface area contributed by atoms with Gasteiger partial charge in [-0.3, -0.25) is 10.1 Å². The summed E-state index contributed by atoms with van der Waals surface area (Å²) in [5, 5.41) is 12.4. The molecular formula is C10H20N2O3. The Kier molecular flexibility index (Phi) is 4.50. The van der Waals surface area contributed by atoms with E-state index in [0.717, 1.165) is 13.1 Å². The van der Waals surface area contributed by atoms with Gasteiger partial charge in [0, 0.05) is 26.7 Å². The van der Waals surface area contributed by atoms with Crippen LogP contribution in [0.1, 0.15) is 12.8 Å². The predicted octanol–water partition coefficient (Wildman–Crippen LogP) is -0.229. The van der Waals surface area contributed by atoms with Crippen molar-refractivity contribution in [1.29, 1.82) is 0 Å². The van der Waals surface area contributed by atoms with Crippen LogP contribution in [0.25, 0.3) is 0 Å². The van der Waals surface area contributed by atoms with Crippen LogP contribution in [0.5, 0.6) is 0 Å². The smallest absolute Gasteiger partial charge is 0.323 e. The van der Waals surface area contributed by atoms with Crippen molar-refractivity contribution in [1.82, 2.24) is 10.2 Å². The third kappa shape index (κ3) is 3.15. The molecule has 0 aromatic rings. The van der Waals surface area contributed by atoms with Gasteiger partial charge in [-0.25, -0.2) is 0 Å². The maximum Gasteiger partial charge on any atom is 0.323 e. The number of nitrogens with one attached hydrogen (secondary N) is 1. The van der Waals surface area contributed by atoms with Crippen molar-refractivity contribution in [3.63, 3.8) is 0 Å². The van der Waals surface area contributed by atoms with Crippen molar-refractivity contribution in [2.45, 2.75) is 18.4 Å². The molecule has 2 N–H and O–H groups in total. The van der Waals surface area contributed by atoms with Crippen molar-refractivity contribution in [3.05, 3.63) is 0 Å². The van der Waals surface area contributed by atoms with Crippen LogP contribution in [0.2, 0.25) is 0 Å². The Bertz CT molecular complexity index is 213. The summed E-state index contributed by atoms with van der Waals surface area (Å²) in [5.74, 6) is -0.744. The van der Waals surface area contributed by atoms with Gasteiger partial charge in [0.05, 0.1) is 6.61 Å². The Balaban J connectivity index is 2.51. The number of rotatable bonds is 5. The Morgan fingerprint density at radius 3 is 2.60 bits per heavy atom. The zero-order valence-electron chi connectivity index (χ0n) is 9.45. The first kappa shape index (κ1) is 12.4. The summed E-state index contributed by atoms with van der Waals surface area (Å²) in [6.45, 7) is 2.79. The highest BCUT2D eigenvalue weighted by molar-refractivity contribution is 5.79. The molecular weight excluding hydrogens is 196 g/mol. The lowest BCUT2D eigenvalue weighted by Gasteiger charge is -2.38. The second kappa shape index (κ2) is 5.44. The highest BCUT2D eigenvalue weighted by atomic mass is 16.5. The van der Waals surface area contributed by atoms with E-state index in [1.807, 2.05) is 7.05 Å². The number of carboxylic acids is 1. The van der Waals surface area contributed by atoms with E-state index in [9.17, 15) is 9.90 Å². The lowest BCUT2D eigenvalue weighted by Crippen LogP contribution is -2.58. The first-order chi connectivity index (χ1) is 7.10. The zero-order valence-corrected chi connectivity index (χ0v) is 9.45. The monoisotopic (exact) mass is 216 g/mol. The summed E-state index contributed by atoms with van der Waals surface area (Å²) >= 11 is 0. The van der Waals surface area contributed by atoms with Crippen molar-refractivity contribution >= 4 is 5.97 Å². The van der Waals surface area contributed by atoms with Crippen LogP contribution in [0.3, 0.4) is 0 Å². The molecule has 5 heteroatoms. The summed E-state index contributed by atoms with van der Waals surface area (Å²) in [7, 11) is 3.63. The van der Waals surface area contributed by atoms with Crippen molar-refractivity contribution in [3.8, 4) is 0 Å². The van der Waals surface area contributed by atoms with Gasteiger partial charge in [0.2, 0.25) is 0 Å². The molecule has 1 aliphatic rings. The van der Waals surface area contributed by atoms with E-state index in [4.69, 9.17) is 4.74 Å². The molecule has 88 valence electrons. The van der Waals surface area contributed by atoms with Crippen molar-refractivity contribution < 1.29 is 14.6 Å². The molecule has 0 bridgehead atoms.